The van der Waals surface area contributed by atoms with Gasteiger partial charge in [0.1, 0.15) is 11.5 Å². The Balaban J connectivity index is 0.000000234. The topological polar surface area (TPSA) is 18.1 Å². The van der Waals surface area contributed by atoms with Crippen molar-refractivity contribution in [1.29, 1.82) is 0 Å². The summed E-state index contributed by atoms with van der Waals surface area (Å²) in [7, 11) is 2.08. The maximum absolute atomic E-state index is 5.34. The van der Waals surface area contributed by atoms with Gasteiger partial charge < -0.3 is 8.98 Å². The van der Waals surface area contributed by atoms with Crippen LogP contribution in [0.5, 0.6) is 0 Å². The van der Waals surface area contributed by atoms with Gasteiger partial charge in [-0.2, -0.15) is 0 Å². The maximum atomic E-state index is 5.34. The summed E-state index contributed by atoms with van der Waals surface area (Å²) in [5.41, 5.74) is 2.84. The lowest BCUT2D eigenvalue weighted by atomic mass is 10.1. The van der Waals surface area contributed by atoms with Crippen molar-refractivity contribution in [3.8, 4) is 0 Å². The molecule has 4 aromatic heterocycles. The summed E-state index contributed by atoms with van der Waals surface area (Å²) in [6.07, 6.45) is 2.08. The van der Waals surface area contributed by atoms with Gasteiger partial charge in [0.2, 0.25) is 0 Å². The van der Waals surface area contributed by atoms with Gasteiger partial charge >= 0.3 is 0 Å². The summed E-state index contributed by atoms with van der Waals surface area (Å²) >= 11 is 3.69. The molecule has 0 aliphatic heterocycles. The number of rotatable bonds is 4. The Morgan fingerprint density at radius 1 is 0.686 bits per heavy atom. The van der Waals surface area contributed by atoms with E-state index in [9.17, 15) is 0 Å². The molecule has 0 aromatic carbocycles. The van der Waals surface area contributed by atoms with Crippen molar-refractivity contribution in [2.24, 2.45) is 7.05 Å². The molecule has 0 saturated carbocycles. The van der Waals surface area contributed by atoms with Crippen LogP contribution in [0.15, 0.2) is 63.8 Å². The molecule has 4 rings (SSSR count). The molecule has 4 heterocycles. The number of nitrogens with zero attached hydrogens (tertiary/aromatic N) is 1. The average molecular weight is 514 g/mol. The lowest BCUT2D eigenvalue weighted by molar-refractivity contribution is 0.463. The number of hydrogen-bond donors (Lipinski definition) is 0. The van der Waals surface area contributed by atoms with E-state index in [0.717, 1.165) is 11.5 Å². The number of aryl methyl sites for hydroxylation is 3. The molecule has 0 atom stereocenters. The molecular formula is C31H47NOS2. The third-order valence-corrected chi connectivity index (χ3v) is 7.94. The van der Waals surface area contributed by atoms with E-state index in [1.807, 2.05) is 41.7 Å². The van der Waals surface area contributed by atoms with E-state index in [-0.39, 0.29) is 0 Å². The van der Waals surface area contributed by atoms with E-state index in [2.05, 4.69) is 121 Å². The van der Waals surface area contributed by atoms with Crippen molar-refractivity contribution in [3.05, 3.63) is 92.0 Å². The zero-order valence-electron chi connectivity index (χ0n) is 23.8. The zero-order chi connectivity index (χ0) is 26.5. The molecular weight excluding hydrogens is 466 g/mol. The Kier molecular flexibility index (Phi) is 14.0. The van der Waals surface area contributed by atoms with Crippen molar-refractivity contribution < 1.29 is 4.42 Å². The monoisotopic (exact) mass is 513 g/mol. The van der Waals surface area contributed by atoms with Crippen LogP contribution in [0.3, 0.4) is 0 Å². The molecule has 0 spiro atoms. The molecule has 0 amide bonds. The molecule has 0 aliphatic carbocycles. The minimum atomic E-state index is 0.513. The second kappa shape index (κ2) is 15.9. The molecule has 194 valence electrons. The Morgan fingerprint density at radius 3 is 1.60 bits per heavy atom. The predicted octanol–water partition coefficient (Wildman–Crippen LogP) is 10.9. The number of hydrogen-bond acceptors (Lipinski definition) is 3. The second-order valence-electron chi connectivity index (χ2n) is 10.1. The predicted molar refractivity (Wildman–Crippen MR) is 159 cm³/mol. The highest BCUT2D eigenvalue weighted by Crippen LogP contribution is 2.24. The molecule has 4 aromatic rings. The molecule has 0 fully saturated rings. The Morgan fingerprint density at radius 2 is 1.37 bits per heavy atom. The fourth-order valence-corrected chi connectivity index (χ4v) is 5.12. The molecule has 0 bridgehead atoms. The lowest BCUT2D eigenvalue weighted by Gasteiger charge is -2.04. The smallest absolute Gasteiger partial charge is 0.106 e. The standard InChI is InChI=1S/C8H13N.C8H12O.C8H12S.C7H10S/c1-7(2)8-5-4-6-9(8)3;1-6(2)8-5-4-7(3)9-8;1-6(2)8-7(3)4-5-9-8;1-6(2)7-4-3-5-8-7/h4-7H,1-3H3;2*4-6H,1-3H3;3-6H,1-2H3. The first kappa shape index (κ1) is 31.0. The average Bonchev–Trinajstić information content (AvgIpc) is 3.57. The van der Waals surface area contributed by atoms with Crippen molar-refractivity contribution in [2.45, 2.75) is 92.9 Å². The van der Waals surface area contributed by atoms with Crippen LogP contribution in [0.4, 0.5) is 0 Å². The van der Waals surface area contributed by atoms with Crippen molar-refractivity contribution in [3.63, 3.8) is 0 Å². The van der Waals surface area contributed by atoms with Gasteiger partial charge in [-0.3, -0.25) is 0 Å². The van der Waals surface area contributed by atoms with E-state index in [4.69, 9.17) is 4.42 Å². The molecule has 4 heteroatoms. The van der Waals surface area contributed by atoms with E-state index in [0.29, 0.717) is 23.7 Å². The van der Waals surface area contributed by atoms with Gasteiger partial charge in [0.05, 0.1) is 0 Å². The molecule has 2 nitrogen and oxygen atoms in total. The van der Waals surface area contributed by atoms with Crippen LogP contribution in [-0.2, 0) is 7.05 Å². The van der Waals surface area contributed by atoms with Gasteiger partial charge in [0.25, 0.3) is 0 Å². The fraction of sp³-hybridized carbons (Fsp3) is 0.484. The van der Waals surface area contributed by atoms with E-state index in [1.54, 1.807) is 0 Å². The van der Waals surface area contributed by atoms with Gasteiger partial charge in [-0.25, -0.2) is 0 Å². The van der Waals surface area contributed by atoms with Crippen LogP contribution < -0.4 is 0 Å². The summed E-state index contributed by atoms with van der Waals surface area (Å²) in [6.45, 7) is 21.7. The van der Waals surface area contributed by atoms with Gasteiger partial charge in [-0.05, 0) is 84.3 Å². The van der Waals surface area contributed by atoms with Crippen LogP contribution in [0.1, 0.15) is 112 Å². The first-order chi connectivity index (χ1) is 16.4. The molecule has 0 saturated heterocycles. The summed E-state index contributed by atoms with van der Waals surface area (Å²) in [5.74, 6) is 4.63. The summed E-state index contributed by atoms with van der Waals surface area (Å²) in [4.78, 5) is 3.00. The van der Waals surface area contributed by atoms with Crippen LogP contribution in [0.25, 0.3) is 0 Å². The van der Waals surface area contributed by atoms with Gasteiger partial charge in [0, 0.05) is 34.6 Å². The molecule has 0 aliphatic rings. The summed E-state index contributed by atoms with van der Waals surface area (Å²) < 4.78 is 7.50. The van der Waals surface area contributed by atoms with Gasteiger partial charge in [-0.15, -0.1) is 22.7 Å². The number of aromatic nitrogens is 1. The van der Waals surface area contributed by atoms with Crippen LogP contribution in [0.2, 0.25) is 0 Å². The minimum absolute atomic E-state index is 0.513. The van der Waals surface area contributed by atoms with Gasteiger partial charge in [-0.1, -0.05) is 61.5 Å². The molecule has 0 unspecified atom stereocenters. The lowest BCUT2D eigenvalue weighted by Crippen LogP contribution is -1.95. The van der Waals surface area contributed by atoms with Crippen molar-refractivity contribution in [2.75, 3.05) is 0 Å². The zero-order valence-corrected chi connectivity index (χ0v) is 25.4. The highest BCUT2D eigenvalue weighted by Gasteiger charge is 2.03. The van der Waals surface area contributed by atoms with E-state index < -0.39 is 0 Å². The normalized spacial score (nSPS) is 10.6. The van der Waals surface area contributed by atoms with Gasteiger partial charge in [0.15, 0.2) is 0 Å². The first-order valence-corrected chi connectivity index (χ1v) is 14.4. The Hall–Kier alpha value is -2.04. The van der Waals surface area contributed by atoms with Crippen molar-refractivity contribution in [1.82, 2.24) is 4.57 Å². The minimum Gasteiger partial charge on any atom is -0.466 e. The van der Waals surface area contributed by atoms with Crippen LogP contribution in [-0.4, -0.2) is 4.57 Å². The maximum Gasteiger partial charge on any atom is 0.106 e. The molecule has 35 heavy (non-hydrogen) atoms. The fourth-order valence-electron chi connectivity index (χ4n) is 3.43. The Bertz CT molecular complexity index is 1000. The quantitative estimate of drug-likeness (QED) is 0.265. The third kappa shape index (κ3) is 11.5. The van der Waals surface area contributed by atoms with E-state index in [1.165, 1.54) is 21.0 Å². The van der Waals surface area contributed by atoms with Crippen LogP contribution in [0, 0.1) is 13.8 Å². The number of furan rings is 1. The first-order valence-electron chi connectivity index (χ1n) is 12.7. The highest BCUT2D eigenvalue weighted by molar-refractivity contribution is 7.10. The second-order valence-corrected chi connectivity index (χ2v) is 12.0. The highest BCUT2D eigenvalue weighted by atomic mass is 32.1. The SMILES string of the molecule is CC(C)c1cccn1C.CC(C)c1cccs1.Cc1ccc(C(C)C)o1.Cc1ccsc1C(C)C. The largest absolute Gasteiger partial charge is 0.466 e. The molecule has 0 N–H and O–H groups in total. The summed E-state index contributed by atoms with van der Waals surface area (Å²) in [5, 5.41) is 4.28. The number of thiophene rings is 2. The van der Waals surface area contributed by atoms with Crippen LogP contribution >= 0.6 is 22.7 Å². The third-order valence-electron chi connectivity index (χ3n) is 5.44. The van der Waals surface area contributed by atoms with E-state index >= 15 is 0 Å². The molecule has 0 radical (unpaired) electrons. The van der Waals surface area contributed by atoms with Crippen molar-refractivity contribution >= 4 is 22.7 Å². The summed E-state index contributed by atoms with van der Waals surface area (Å²) in [6, 6.07) is 14.7. The Labute approximate surface area is 223 Å².